The minimum Gasteiger partial charge on any atom is -0.480 e. The Kier molecular flexibility index (Phi) is 3.81. The van der Waals surface area contributed by atoms with E-state index in [-0.39, 0.29) is 0 Å². The molecule has 1 fully saturated rings. The second-order valence-electron chi connectivity index (χ2n) is 4.67. The molecule has 1 aliphatic rings. The molecule has 7 nitrogen and oxygen atoms in total. The first-order valence-corrected chi connectivity index (χ1v) is 6.20. The van der Waals surface area contributed by atoms with Gasteiger partial charge in [0.05, 0.1) is 6.54 Å². The molecule has 1 atom stereocenters. The molecule has 1 aliphatic heterocycles. The Balaban J connectivity index is 2.17. The topological polar surface area (TPSA) is 91.2 Å². The van der Waals surface area contributed by atoms with E-state index in [0.717, 1.165) is 25.9 Å². The smallest absolute Gasteiger partial charge is 0.344 e. The van der Waals surface area contributed by atoms with Gasteiger partial charge in [-0.2, -0.15) is 5.10 Å². The number of nitrogens with one attached hydrogen (secondary N) is 1. The molecule has 0 saturated carbocycles. The number of carboxylic acid groups (broad SMARTS) is 1. The molecule has 0 aliphatic carbocycles. The van der Waals surface area contributed by atoms with E-state index in [1.54, 1.807) is 0 Å². The molecule has 1 aromatic rings. The van der Waals surface area contributed by atoms with Gasteiger partial charge in [0.1, 0.15) is 11.9 Å². The summed E-state index contributed by atoms with van der Waals surface area (Å²) in [6, 6.07) is -0.893. The van der Waals surface area contributed by atoms with Crippen LogP contribution in [-0.2, 0) is 11.3 Å². The van der Waals surface area contributed by atoms with Crippen molar-refractivity contribution in [2.24, 2.45) is 0 Å². The number of hydrogen-bond donors (Lipinski definition) is 2. The summed E-state index contributed by atoms with van der Waals surface area (Å²) in [5.41, 5.74) is -0.461. The van der Waals surface area contributed by atoms with Crippen LogP contribution in [0.5, 0.6) is 0 Å². The lowest BCUT2D eigenvalue weighted by Gasteiger charge is -2.26. The second-order valence-corrected chi connectivity index (χ2v) is 4.67. The van der Waals surface area contributed by atoms with Gasteiger partial charge in [0.15, 0.2) is 0 Å². The van der Waals surface area contributed by atoms with Crippen molar-refractivity contribution < 1.29 is 9.90 Å². The maximum Gasteiger partial charge on any atom is 0.344 e. The van der Waals surface area contributed by atoms with Gasteiger partial charge in [-0.15, -0.1) is 0 Å². The first-order valence-electron chi connectivity index (χ1n) is 6.20. The highest BCUT2D eigenvalue weighted by molar-refractivity contribution is 5.71. The fourth-order valence-electron chi connectivity index (χ4n) is 2.28. The Labute approximate surface area is 104 Å². The minimum absolute atomic E-state index is 0.461. The summed E-state index contributed by atoms with van der Waals surface area (Å²) in [4.78, 5) is 24.8. The molecule has 7 heteroatoms. The summed E-state index contributed by atoms with van der Waals surface area (Å²) in [5.74, 6) is -0.532. The van der Waals surface area contributed by atoms with Crippen molar-refractivity contribution >= 4 is 5.97 Å². The maximum absolute atomic E-state index is 11.6. The third-order valence-electron chi connectivity index (χ3n) is 3.34. The monoisotopic (exact) mass is 254 g/mol. The van der Waals surface area contributed by atoms with Crippen LogP contribution in [0.4, 0.5) is 0 Å². The van der Waals surface area contributed by atoms with E-state index in [1.165, 1.54) is 17.9 Å². The lowest BCUT2D eigenvalue weighted by molar-refractivity contribution is -0.140. The molecule has 0 spiro atoms. The average Bonchev–Trinajstić information content (AvgIpc) is 2.71. The average molecular weight is 254 g/mol. The van der Waals surface area contributed by atoms with E-state index in [2.05, 4.69) is 15.1 Å². The summed E-state index contributed by atoms with van der Waals surface area (Å²) in [6.45, 7) is 3.96. The van der Waals surface area contributed by atoms with Crippen molar-refractivity contribution in [3.63, 3.8) is 0 Å². The van der Waals surface area contributed by atoms with E-state index >= 15 is 0 Å². The van der Waals surface area contributed by atoms with E-state index in [1.807, 2.05) is 0 Å². The number of carboxylic acids is 1. The number of piperidine rings is 1. The minimum atomic E-state index is -1.03. The zero-order valence-corrected chi connectivity index (χ0v) is 10.4. The van der Waals surface area contributed by atoms with Crippen molar-refractivity contribution in [1.29, 1.82) is 0 Å². The van der Waals surface area contributed by atoms with Crippen molar-refractivity contribution in [2.45, 2.75) is 38.8 Å². The SMILES string of the molecule is C[C@H](C(=O)O)n1c(CN2CCCCC2)n[nH]c1=O. The van der Waals surface area contributed by atoms with Crippen LogP contribution < -0.4 is 5.69 Å². The highest BCUT2D eigenvalue weighted by Crippen LogP contribution is 2.13. The van der Waals surface area contributed by atoms with Crippen LogP contribution in [0.15, 0.2) is 4.79 Å². The standard InChI is InChI=1S/C11H18N4O3/c1-8(10(16)17)15-9(12-13-11(15)18)7-14-5-3-2-4-6-14/h8H,2-7H2,1H3,(H,13,18)(H,16,17)/t8-/m1/s1. The summed E-state index contributed by atoms with van der Waals surface area (Å²) in [7, 11) is 0. The number of H-pyrrole nitrogens is 1. The molecule has 2 N–H and O–H groups in total. The van der Waals surface area contributed by atoms with E-state index in [9.17, 15) is 9.59 Å². The summed E-state index contributed by atoms with van der Waals surface area (Å²) < 4.78 is 1.22. The van der Waals surface area contributed by atoms with Gasteiger partial charge in [-0.3, -0.25) is 9.47 Å². The molecular weight excluding hydrogens is 236 g/mol. The maximum atomic E-state index is 11.6. The Morgan fingerprint density at radius 3 is 2.72 bits per heavy atom. The molecule has 0 unspecified atom stereocenters. The van der Waals surface area contributed by atoms with Crippen molar-refractivity contribution in [1.82, 2.24) is 19.7 Å². The first-order chi connectivity index (χ1) is 8.59. The van der Waals surface area contributed by atoms with Crippen LogP contribution in [0, 0.1) is 0 Å². The third-order valence-corrected chi connectivity index (χ3v) is 3.34. The molecule has 100 valence electrons. The number of aromatic nitrogens is 3. The van der Waals surface area contributed by atoms with Crippen molar-refractivity contribution in [3.8, 4) is 0 Å². The summed E-state index contributed by atoms with van der Waals surface area (Å²) >= 11 is 0. The quantitative estimate of drug-likeness (QED) is 0.801. The number of hydrogen-bond acceptors (Lipinski definition) is 4. The lowest BCUT2D eigenvalue weighted by Crippen LogP contribution is -2.33. The van der Waals surface area contributed by atoms with E-state index in [0.29, 0.717) is 12.4 Å². The number of likely N-dealkylation sites (tertiary alicyclic amines) is 1. The van der Waals surface area contributed by atoms with Gasteiger partial charge >= 0.3 is 11.7 Å². The molecule has 2 rings (SSSR count). The largest absolute Gasteiger partial charge is 0.480 e. The zero-order valence-electron chi connectivity index (χ0n) is 10.4. The predicted octanol–water partition coefficient (Wildman–Crippen LogP) is 0.203. The highest BCUT2D eigenvalue weighted by atomic mass is 16.4. The Morgan fingerprint density at radius 2 is 2.11 bits per heavy atom. The lowest BCUT2D eigenvalue weighted by atomic mass is 10.1. The number of rotatable bonds is 4. The number of carbonyl (C=O) groups is 1. The Morgan fingerprint density at radius 1 is 1.44 bits per heavy atom. The van der Waals surface area contributed by atoms with Gasteiger partial charge < -0.3 is 5.11 Å². The number of aliphatic carboxylic acids is 1. The van der Waals surface area contributed by atoms with Gasteiger partial charge in [-0.25, -0.2) is 14.7 Å². The van der Waals surface area contributed by atoms with Gasteiger partial charge in [-0.1, -0.05) is 6.42 Å². The van der Waals surface area contributed by atoms with E-state index in [4.69, 9.17) is 5.11 Å². The molecule has 2 heterocycles. The van der Waals surface area contributed by atoms with Crippen molar-refractivity contribution in [2.75, 3.05) is 13.1 Å². The predicted molar refractivity (Wildman–Crippen MR) is 64.3 cm³/mol. The highest BCUT2D eigenvalue weighted by Gasteiger charge is 2.22. The zero-order chi connectivity index (χ0) is 13.1. The molecule has 0 amide bonds. The Hall–Kier alpha value is -1.63. The third kappa shape index (κ3) is 2.61. The fraction of sp³-hybridized carbons (Fsp3) is 0.727. The van der Waals surface area contributed by atoms with Gasteiger partial charge in [0.2, 0.25) is 0 Å². The molecular formula is C11H18N4O3. The molecule has 0 aromatic carbocycles. The molecule has 0 bridgehead atoms. The van der Waals surface area contributed by atoms with Gasteiger partial charge in [-0.05, 0) is 32.9 Å². The Bertz CT molecular complexity index is 473. The normalized spacial score (nSPS) is 18.7. The van der Waals surface area contributed by atoms with Crippen molar-refractivity contribution in [3.05, 3.63) is 16.3 Å². The van der Waals surface area contributed by atoms with Crippen LogP contribution in [0.2, 0.25) is 0 Å². The van der Waals surface area contributed by atoms with E-state index < -0.39 is 17.7 Å². The number of nitrogens with zero attached hydrogens (tertiary/aromatic N) is 3. The fourth-order valence-corrected chi connectivity index (χ4v) is 2.28. The van der Waals surface area contributed by atoms with Gasteiger partial charge in [0.25, 0.3) is 0 Å². The van der Waals surface area contributed by atoms with Gasteiger partial charge in [0, 0.05) is 0 Å². The summed E-state index contributed by atoms with van der Waals surface area (Å²) in [6.07, 6.45) is 3.52. The van der Waals surface area contributed by atoms with Crippen LogP contribution >= 0.6 is 0 Å². The van der Waals surface area contributed by atoms with Crippen LogP contribution in [-0.4, -0.2) is 43.8 Å². The molecule has 18 heavy (non-hydrogen) atoms. The first kappa shape index (κ1) is 12.8. The second kappa shape index (κ2) is 5.34. The van der Waals surface area contributed by atoms with Crippen LogP contribution in [0.3, 0.4) is 0 Å². The number of aromatic amines is 1. The molecule has 0 radical (unpaired) electrons. The molecule has 1 aromatic heterocycles. The summed E-state index contributed by atoms with van der Waals surface area (Å²) in [5, 5.41) is 15.3. The van der Waals surface area contributed by atoms with Crippen LogP contribution in [0.1, 0.15) is 38.1 Å². The molecule has 1 saturated heterocycles. The van der Waals surface area contributed by atoms with Crippen LogP contribution in [0.25, 0.3) is 0 Å².